The molecular formula is C20H15BrN2O. The molecule has 2 aromatic carbocycles. The zero-order valence-electron chi connectivity index (χ0n) is 13.2. The van der Waals surface area contributed by atoms with E-state index in [2.05, 4.69) is 37.6 Å². The van der Waals surface area contributed by atoms with E-state index in [0.717, 1.165) is 32.0 Å². The number of aryl methyl sites for hydroxylation is 1. The van der Waals surface area contributed by atoms with Gasteiger partial charge in [-0.05, 0) is 42.8 Å². The van der Waals surface area contributed by atoms with Crippen molar-refractivity contribution in [3.05, 3.63) is 86.7 Å². The van der Waals surface area contributed by atoms with Gasteiger partial charge in [-0.2, -0.15) is 0 Å². The monoisotopic (exact) mass is 378 g/mol. The summed E-state index contributed by atoms with van der Waals surface area (Å²) in [7, 11) is 0. The number of hydrogen-bond acceptors (Lipinski definition) is 2. The predicted molar refractivity (Wildman–Crippen MR) is 101 cm³/mol. The second kappa shape index (κ2) is 5.87. The number of fused-ring (bicyclic) bond motifs is 2. The predicted octanol–water partition coefficient (Wildman–Crippen LogP) is 4.67. The van der Waals surface area contributed by atoms with E-state index in [1.165, 1.54) is 5.56 Å². The molecule has 0 atom stereocenters. The van der Waals surface area contributed by atoms with Crippen LogP contribution >= 0.6 is 15.9 Å². The molecule has 118 valence electrons. The molecular weight excluding hydrogens is 364 g/mol. The van der Waals surface area contributed by atoms with Crippen LogP contribution in [0.25, 0.3) is 21.8 Å². The van der Waals surface area contributed by atoms with Crippen molar-refractivity contribution in [1.29, 1.82) is 0 Å². The molecule has 0 saturated carbocycles. The molecule has 0 aliphatic heterocycles. The third kappa shape index (κ3) is 2.63. The zero-order valence-corrected chi connectivity index (χ0v) is 14.7. The fourth-order valence-electron chi connectivity index (χ4n) is 3.13. The number of para-hydroxylation sites is 1. The van der Waals surface area contributed by atoms with Crippen LogP contribution in [-0.2, 0) is 6.54 Å². The highest BCUT2D eigenvalue weighted by Crippen LogP contribution is 2.22. The molecule has 0 amide bonds. The van der Waals surface area contributed by atoms with Crippen molar-refractivity contribution in [2.75, 3.05) is 0 Å². The van der Waals surface area contributed by atoms with Gasteiger partial charge in [0.05, 0.1) is 11.0 Å². The van der Waals surface area contributed by atoms with Crippen molar-refractivity contribution in [3.63, 3.8) is 0 Å². The van der Waals surface area contributed by atoms with Crippen molar-refractivity contribution in [3.8, 4) is 0 Å². The van der Waals surface area contributed by atoms with Crippen LogP contribution in [0.5, 0.6) is 0 Å². The molecule has 0 spiro atoms. The molecule has 0 bridgehead atoms. The Morgan fingerprint density at radius 2 is 1.88 bits per heavy atom. The molecule has 0 saturated heterocycles. The number of nitrogens with zero attached hydrogens (tertiary/aromatic N) is 2. The lowest BCUT2D eigenvalue weighted by Crippen LogP contribution is -2.09. The van der Waals surface area contributed by atoms with Gasteiger partial charge in [0.25, 0.3) is 0 Å². The molecule has 4 aromatic rings. The van der Waals surface area contributed by atoms with Gasteiger partial charge in [-0.3, -0.25) is 9.78 Å². The van der Waals surface area contributed by atoms with Gasteiger partial charge in [0.15, 0.2) is 5.43 Å². The molecule has 4 rings (SSSR count). The average molecular weight is 379 g/mol. The maximum Gasteiger partial charge on any atom is 0.189 e. The Morgan fingerprint density at radius 1 is 1.04 bits per heavy atom. The quantitative estimate of drug-likeness (QED) is 0.507. The smallest absolute Gasteiger partial charge is 0.189 e. The van der Waals surface area contributed by atoms with E-state index in [-0.39, 0.29) is 5.43 Å². The zero-order chi connectivity index (χ0) is 16.7. The van der Waals surface area contributed by atoms with E-state index < -0.39 is 0 Å². The van der Waals surface area contributed by atoms with Crippen LogP contribution in [0.4, 0.5) is 0 Å². The first-order valence-electron chi connectivity index (χ1n) is 7.76. The summed E-state index contributed by atoms with van der Waals surface area (Å²) in [4.78, 5) is 16.8. The SMILES string of the molecule is Cc1cc(Cn2ccc(=O)c3cc(Br)ccc32)c2ccccc2n1. The van der Waals surface area contributed by atoms with Gasteiger partial charge in [-0.15, -0.1) is 0 Å². The third-order valence-electron chi connectivity index (χ3n) is 4.21. The topological polar surface area (TPSA) is 34.9 Å². The molecule has 0 radical (unpaired) electrons. The molecule has 2 aromatic heterocycles. The van der Waals surface area contributed by atoms with Gasteiger partial charge < -0.3 is 4.57 Å². The molecule has 0 aliphatic rings. The fourth-order valence-corrected chi connectivity index (χ4v) is 3.49. The number of aromatic nitrogens is 2. The van der Waals surface area contributed by atoms with Gasteiger partial charge in [0, 0.05) is 39.7 Å². The molecule has 4 heteroatoms. The minimum Gasteiger partial charge on any atom is -0.343 e. The van der Waals surface area contributed by atoms with Crippen LogP contribution in [0.2, 0.25) is 0 Å². The Hall–Kier alpha value is -2.46. The van der Waals surface area contributed by atoms with Crippen LogP contribution in [0.1, 0.15) is 11.3 Å². The summed E-state index contributed by atoms with van der Waals surface area (Å²) in [6.07, 6.45) is 1.86. The van der Waals surface area contributed by atoms with Crippen molar-refractivity contribution >= 4 is 37.7 Å². The highest BCUT2D eigenvalue weighted by atomic mass is 79.9. The van der Waals surface area contributed by atoms with E-state index in [1.807, 2.05) is 49.5 Å². The van der Waals surface area contributed by atoms with Crippen molar-refractivity contribution in [2.24, 2.45) is 0 Å². The van der Waals surface area contributed by atoms with E-state index in [1.54, 1.807) is 6.07 Å². The summed E-state index contributed by atoms with van der Waals surface area (Å²) in [5, 5.41) is 1.87. The number of pyridine rings is 2. The molecule has 3 nitrogen and oxygen atoms in total. The third-order valence-corrected chi connectivity index (χ3v) is 4.70. The van der Waals surface area contributed by atoms with Crippen LogP contribution < -0.4 is 5.43 Å². The second-order valence-corrected chi connectivity index (χ2v) is 6.82. The fraction of sp³-hybridized carbons (Fsp3) is 0.100. The van der Waals surface area contributed by atoms with E-state index >= 15 is 0 Å². The van der Waals surface area contributed by atoms with Crippen LogP contribution in [0.3, 0.4) is 0 Å². The van der Waals surface area contributed by atoms with Gasteiger partial charge in [0.1, 0.15) is 0 Å². The first kappa shape index (κ1) is 15.1. The second-order valence-electron chi connectivity index (χ2n) is 5.91. The average Bonchev–Trinajstić information content (AvgIpc) is 2.57. The van der Waals surface area contributed by atoms with Gasteiger partial charge in [-0.1, -0.05) is 34.1 Å². The Bertz CT molecular complexity index is 1130. The van der Waals surface area contributed by atoms with E-state index in [4.69, 9.17) is 0 Å². The summed E-state index contributed by atoms with van der Waals surface area (Å²) in [6, 6.07) is 17.7. The Morgan fingerprint density at radius 3 is 2.75 bits per heavy atom. The van der Waals surface area contributed by atoms with E-state index in [9.17, 15) is 4.79 Å². The Balaban J connectivity index is 1.92. The van der Waals surface area contributed by atoms with Crippen molar-refractivity contribution < 1.29 is 0 Å². The van der Waals surface area contributed by atoms with Gasteiger partial charge >= 0.3 is 0 Å². The van der Waals surface area contributed by atoms with Crippen LogP contribution in [-0.4, -0.2) is 9.55 Å². The summed E-state index contributed by atoms with van der Waals surface area (Å²) in [5.41, 5.74) is 4.17. The van der Waals surface area contributed by atoms with Gasteiger partial charge in [0.2, 0.25) is 0 Å². The minimum absolute atomic E-state index is 0.0401. The Labute approximate surface area is 147 Å². The molecule has 0 aliphatic carbocycles. The first-order valence-corrected chi connectivity index (χ1v) is 8.55. The van der Waals surface area contributed by atoms with E-state index in [0.29, 0.717) is 6.54 Å². The maximum atomic E-state index is 12.2. The summed E-state index contributed by atoms with van der Waals surface area (Å²) >= 11 is 3.44. The lowest BCUT2D eigenvalue weighted by molar-refractivity contribution is 0.829. The van der Waals surface area contributed by atoms with Crippen LogP contribution in [0, 0.1) is 6.92 Å². The summed E-state index contributed by atoms with van der Waals surface area (Å²) < 4.78 is 3.03. The summed E-state index contributed by atoms with van der Waals surface area (Å²) in [5.74, 6) is 0. The number of benzene rings is 2. The number of rotatable bonds is 2. The molecule has 0 N–H and O–H groups in total. The Kier molecular flexibility index (Phi) is 3.69. The molecule has 2 heterocycles. The van der Waals surface area contributed by atoms with Crippen molar-refractivity contribution in [1.82, 2.24) is 9.55 Å². The molecule has 24 heavy (non-hydrogen) atoms. The number of halogens is 1. The first-order chi connectivity index (χ1) is 11.6. The normalized spacial score (nSPS) is 11.2. The highest BCUT2D eigenvalue weighted by molar-refractivity contribution is 9.10. The molecule has 0 unspecified atom stereocenters. The largest absolute Gasteiger partial charge is 0.343 e. The lowest BCUT2D eigenvalue weighted by Gasteiger charge is -2.13. The van der Waals surface area contributed by atoms with Crippen LogP contribution in [0.15, 0.2) is 70.1 Å². The summed E-state index contributed by atoms with van der Waals surface area (Å²) in [6.45, 7) is 2.71. The van der Waals surface area contributed by atoms with Gasteiger partial charge in [-0.25, -0.2) is 0 Å². The lowest BCUT2D eigenvalue weighted by atomic mass is 10.1. The minimum atomic E-state index is 0.0401. The van der Waals surface area contributed by atoms with Crippen molar-refractivity contribution in [2.45, 2.75) is 13.5 Å². The standard InChI is InChI=1S/C20H15BrN2O/c1-13-10-14(16-4-2-3-5-18(16)22-13)12-23-9-8-20(24)17-11-15(21)6-7-19(17)23/h2-11H,12H2,1H3. The maximum absolute atomic E-state index is 12.2. The highest BCUT2D eigenvalue weighted by Gasteiger charge is 2.08. The number of hydrogen-bond donors (Lipinski definition) is 0. The molecule has 0 fully saturated rings.